The van der Waals surface area contributed by atoms with E-state index in [4.69, 9.17) is 5.26 Å². The van der Waals surface area contributed by atoms with Gasteiger partial charge in [0, 0.05) is 11.5 Å². The standard InChI is InChI=1S/C6H10N2S/c1-2-8-6(3-7)4-9-5-6/h8H,2,4-5H2,1H3. The van der Waals surface area contributed by atoms with Crippen molar-refractivity contribution in [2.75, 3.05) is 18.1 Å². The van der Waals surface area contributed by atoms with E-state index in [0.717, 1.165) is 18.1 Å². The maximum Gasteiger partial charge on any atom is 0.124 e. The van der Waals surface area contributed by atoms with Crippen LogP contribution in [-0.2, 0) is 0 Å². The highest BCUT2D eigenvalue weighted by Crippen LogP contribution is 2.28. The van der Waals surface area contributed by atoms with Crippen molar-refractivity contribution in [3.05, 3.63) is 0 Å². The smallest absolute Gasteiger partial charge is 0.124 e. The molecular formula is C6H10N2S. The third-order valence-electron chi connectivity index (χ3n) is 1.43. The van der Waals surface area contributed by atoms with Crippen LogP contribution < -0.4 is 5.32 Å². The molecule has 3 heteroatoms. The van der Waals surface area contributed by atoms with E-state index < -0.39 is 0 Å². The van der Waals surface area contributed by atoms with Gasteiger partial charge in [0.1, 0.15) is 5.54 Å². The van der Waals surface area contributed by atoms with E-state index in [-0.39, 0.29) is 5.54 Å². The molecule has 1 saturated heterocycles. The van der Waals surface area contributed by atoms with E-state index in [9.17, 15) is 0 Å². The van der Waals surface area contributed by atoms with Crippen molar-refractivity contribution < 1.29 is 0 Å². The molecule has 0 aliphatic carbocycles. The fourth-order valence-electron chi connectivity index (χ4n) is 0.851. The zero-order chi connectivity index (χ0) is 6.74. The van der Waals surface area contributed by atoms with E-state index in [1.54, 1.807) is 0 Å². The predicted octanol–water partition coefficient (Wildman–Crippen LogP) is 0.605. The van der Waals surface area contributed by atoms with Crippen LogP contribution in [0.5, 0.6) is 0 Å². The number of hydrogen-bond donors (Lipinski definition) is 1. The fourth-order valence-corrected chi connectivity index (χ4v) is 1.80. The topological polar surface area (TPSA) is 35.8 Å². The Hall–Kier alpha value is -0.200. The third kappa shape index (κ3) is 1.20. The first-order chi connectivity index (χ1) is 4.33. The molecule has 0 unspecified atom stereocenters. The van der Waals surface area contributed by atoms with Crippen LogP contribution in [-0.4, -0.2) is 23.6 Å². The molecule has 1 heterocycles. The highest BCUT2D eigenvalue weighted by atomic mass is 32.2. The Morgan fingerprint density at radius 1 is 1.78 bits per heavy atom. The maximum absolute atomic E-state index is 8.64. The van der Waals surface area contributed by atoms with Gasteiger partial charge in [-0.2, -0.15) is 17.0 Å². The molecule has 0 aromatic rings. The first-order valence-electron chi connectivity index (χ1n) is 3.07. The van der Waals surface area contributed by atoms with Crippen molar-refractivity contribution >= 4 is 11.8 Å². The Labute approximate surface area is 59.6 Å². The lowest BCUT2D eigenvalue weighted by Crippen LogP contribution is -2.54. The molecule has 1 fully saturated rings. The number of hydrogen-bond acceptors (Lipinski definition) is 3. The van der Waals surface area contributed by atoms with E-state index in [1.807, 2.05) is 18.7 Å². The van der Waals surface area contributed by atoms with Gasteiger partial charge in [0.2, 0.25) is 0 Å². The van der Waals surface area contributed by atoms with Gasteiger partial charge in [-0.3, -0.25) is 5.32 Å². The number of nitrogens with zero attached hydrogens (tertiary/aromatic N) is 1. The molecular weight excluding hydrogens is 132 g/mol. The van der Waals surface area contributed by atoms with Gasteiger partial charge in [-0.1, -0.05) is 6.92 Å². The zero-order valence-corrected chi connectivity index (χ0v) is 6.29. The Balaban J connectivity index is 2.40. The zero-order valence-electron chi connectivity index (χ0n) is 5.48. The number of rotatable bonds is 2. The van der Waals surface area contributed by atoms with Crippen LogP contribution in [0.1, 0.15) is 6.92 Å². The minimum absolute atomic E-state index is 0.167. The Kier molecular flexibility index (Phi) is 1.99. The summed E-state index contributed by atoms with van der Waals surface area (Å²) in [6, 6.07) is 2.28. The molecule has 0 amide bonds. The molecule has 9 heavy (non-hydrogen) atoms. The molecule has 0 saturated carbocycles. The van der Waals surface area contributed by atoms with Crippen LogP contribution in [0.4, 0.5) is 0 Å². The molecule has 0 radical (unpaired) electrons. The lowest BCUT2D eigenvalue weighted by molar-refractivity contribution is 0.497. The van der Waals surface area contributed by atoms with Crippen LogP contribution in [0.15, 0.2) is 0 Å². The lowest BCUT2D eigenvalue weighted by atomic mass is 10.1. The largest absolute Gasteiger partial charge is 0.298 e. The van der Waals surface area contributed by atoms with Crippen LogP contribution in [0.3, 0.4) is 0 Å². The molecule has 0 aromatic carbocycles. The lowest BCUT2D eigenvalue weighted by Gasteiger charge is -2.34. The number of nitrogens with one attached hydrogen (secondary N) is 1. The van der Waals surface area contributed by atoms with Crippen molar-refractivity contribution in [3.8, 4) is 6.07 Å². The third-order valence-corrected chi connectivity index (χ3v) is 2.82. The molecule has 1 N–H and O–H groups in total. The number of thioether (sulfide) groups is 1. The SMILES string of the molecule is CCNC1(C#N)CSC1. The predicted molar refractivity (Wildman–Crippen MR) is 39.3 cm³/mol. The van der Waals surface area contributed by atoms with Gasteiger partial charge in [0.15, 0.2) is 0 Å². The summed E-state index contributed by atoms with van der Waals surface area (Å²) in [7, 11) is 0. The molecule has 1 aliphatic heterocycles. The van der Waals surface area contributed by atoms with Gasteiger partial charge in [0.05, 0.1) is 6.07 Å². The van der Waals surface area contributed by atoms with E-state index in [2.05, 4.69) is 11.4 Å². The summed E-state index contributed by atoms with van der Waals surface area (Å²) in [5.41, 5.74) is -0.167. The maximum atomic E-state index is 8.64. The van der Waals surface area contributed by atoms with Gasteiger partial charge < -0.3 is 0 Å². The summed E-state index contributed by atoms with van der Waals surface area (Å²) >= 11 is 1.82. The molecule has 0 bridgehead atoms. The Morgan fingerprint density at radius 2 is 2.44 bits per heavy atom. The van der Waals surface area contributed by atoms with E-state index in [1.165, 1.54) is 0 Å². The van der Waals surface area contributed by atoms with E-state index >= 15 is 0 Å². The second-order valence-corrected chi connectivity index (χ2v) is 3.20. The van der Waals surface area contributed by atoms with Gasteiger partial charge in [-0.15, -0.1) is 0 Å². The minimum atomic E-state index is -0.167. The first-order valence-corrected chi connectivity index (χ1v) is 4.22. The quantitative estimate of drug-likeness (QED) is 0.613. The summed E-state index contributed by atoms with van der Waals surface area (Å²) in [5.74, 6) is 1.91. The molecule has 0 spiro atoms. The highest BCUT2D eigenvalue weighted by molar-refractivity contribution is 8.00. The molecule has 1 aliphatic rings. The van der Waals surface area contributed by atoms with Gasteiger partial charge >= 0.3 is 0 Å². The molecule has 0 atom stereocenters. The second-order valence-electron chi connectivity index (χ2n) is 2.22. The van der Waals surface area contributed by atoms with Crippen molar-refractivity contribution in [1.82, 2.24) is 5.32 Å². The normalized spacial score (nSPS) is 22.2. The summed E-state index contributed by atoms with van der Waals surface area (Å²) in [4.78, 5) is 0. The van der Waals surface area contributed by atoms with Crippen molar-refractivity contribution in [1.29, 1.82) is 5.26 Å². The van der Waals surface area contributed by atoms with Gasteiger partial charge in [0.25, 0.3) is 0 Å². The van der Waals surface area contributed by atoms with E-state index in [0.29, 0.717) is 0 Å². The van der Waals surface area contributed by atoms with Crippen molar-refractivity contribution in [2.45, 2.75) is 12.5 Å². The molecule has 0 aromatic heterocycles. The molecule has 2 nitrogen and oxygen atoms in total. The Bertz CT molecular complexity index is 134. The first kappa shape index (κ1) is 6.91. The van der Waals surface area contributed by atoms with Crippen molar-refractivity contribution in [3.63, 3.8) is 0 Å². The summed E-state index contributed by atoms with van der Waals surface area (Å²) < 4.78 is 0. The summed E-state index contributed by atoms with van der Waals surface area (Å²) in [5, 5.41) is 11.8. The fraction of sp³-hybridized carbons (Fsp3) is 0.833. The minimum Gasteiger partial charge on any atom is -0.298 e. The molecule has 1 rings (SSSR count). The van der Waals surface area contributed by atoms with Gasteiger partial charge in [-0.25, -0.2) is 0 Å². The Morgan fingerprint density at radius 3 is 2.56 bits per heavy atom. The number of nitriles is 1. The second kappa shape index (κ2) is 2.59. The highest BCUT2D eigenvalue weighted by Gasteiger charge is 2.36. The van der Waals surface area contributed by atoms with Crippen LogP contribution in [0, 0.1) is 11.3 Å². The van der Waals surface area contributed by atoms with Gasteiger partial charge in [-0.05, 0) is 6.54 Å². The van der Waals surface area contributed by atoms with Crippen LogP contribution in [0.2, 0.25) is 0 Å². The average molecular weight is 142 g/mol. The van der Waals surface area contributed by atoms with Crippen molar-refractivity contribution in [2.24, 2.45) is 0 Å². The average Bonchev–Trinajstić information content (AvgIpc) is 1.79. The summed E-state index contributed by atoms with van der Waals surface area (Å²) in [6.07, 6.45) is 0. The molecule has 50 valence electrons. The summed E-state index contributed by atoms with van der Waals surface area (Å²) in [6.45, 7) is 2.93. The van der Waals surface area contributed by atoms with Crippen LogP contribution in [0.25, 0.3) is 0 Å². The monoisotopic (exact) mass is 142 g/mol. The van der Waals surface area contributed by atoms with Crippen LogP contribution >= 0.6 is 11.8 Å².